The number of carbonyl (C=O) groups excluding carboxylic acids is 2. The maximum absolute atomic E-state index is 13.5. The van der Waals surface area contributed by atoms with Gasteiger partial charge in [-0.25, -0.2) is 18.6 Å². The topological polar surface area (TPSA) is 89.0 Å². The van der Waals surface area contributed by atoms with E-state index < -0.39 is 23.5 Å². The largest absolute Gasteiger partial charge is 0.465 e. The normalized spacial score (nSPS) is 16.2. The Morgan fingerprint density at radius 1 is 1.13 bits per heavy atom. The van der Waals surface area contributed by atoms with Crippen molar-refractivity contribution in [1.29, 1.82) is 0 Å². The van der Waals surface area contributed by atoms with Crippen molar-refractivity contribution in [1.82, 2.24) is 5.32 Å². The van der Waals surface area contributed by atoms with Gasteiger partial charge in [-0.1, -0.05) is 0 Å². The molecule has 0 radical (unpaired) electrons. The first-order valence-electron chi connectivity index (χ1n) is 9.33. The van der Waals surface area contributed by atoms with Crippen LogP contribution in [0.4, 0.5) is 14.5 Å². The van der Waals surface area contributed by atoms with E-state index in [9.17, 15) is 18.4 Å². The molecule has 158 valence electrons. The second-order valence-corrected chi connectivity index (χ2v) is 6.63. The molecule has 1 heterocycles. The molecule has 9 heteroatoms. The van der Waals surface area contributed by atoms with E-state index in [1.165, 1.54) is 31.4 Å². The number of methoxy groups -OCH3 is 1. The molecule has 0 saturated carbocycles. The van der Waals surface area contributed by atoms with Crippen LogP contribution in [0.25, 0.3) is 0 Å². The van der Waals surface area contributed by atoms with Crippen LogP contribution in [0, 0.1) is 11.6 Å². The summed E-state index contributed by atoms with van der Waals surface area (Å²) < 4.78 is 37.2. The molecule has 7 nitrogen and oxygen atoms in total. The van der Waals surface area contributed by atoms with E-state index >= 15 is 0 Å². The fraction of sp³-hybridized carbons (Fsp3) is 0.286. The molecule has 3 rings (SSSR count). The zero-order chi connectivity index (χ0) is 21.5. The van der Waals surface area contributed by atoms with E-state index in [0.29, 0.717) is 12.2 Å². The monoisotopic (exact) mass is 417 g/mol. The molecular weight excluding hydrogens is 396 g/mol. The molecule has 2 aromatic rings. The van der Waals surface area contributed by atoms with E-state index in [1.807, 2.05) is 0 Å². The predicted octanol–water partition coefficient (Wildman–Crippen LogP) is 3.13. The van der Waals surface area contributed by atoms with Crippen LogP contribution in [-0.2, 0) is 9.47 Å². The first kappa shape index (κ1) is 21.4. The summed E-state index contributed by atoms with van der Waals surface area (Å²) in [5, 5.41) is 5.32. The summed E-state index contributed by atoms with van der Waals surface area (Å²) >= 11 is 0. The smallest absolute Gasteiger partial charge is 0.337 e. The maximum Gasteiger partial charge on any atom is 0.337 e. The van der Waals surface area contributed by atoms with E-state index in [0.717, 1.165) is 31.0 Å². The highest BCUT2D eigenvalue weighted by molar-refractivity contribution is 6.10. The van der Waals surface area contributed by atoms with Crippen molar-refractivity contribution >= 4 is 23.5 Å². The van der Waals surface area contributed by atoms with E-state index in [4.69, 9.17) is 4.74 Å². The summed E-state index contributed by atoms with van der Waals surface area (Å²) in [6.45, 7) is 0.929. The second-order valence-electron chi connectivity index (χ2n) is 6.63. The molecule has 1 atom stereocenters. The number of hydrogen-bond acceptors (Lipinski definition) is 5. The summed E-state index contributed by atoms with van der Waals surface area (Å²) in [6.07, 6.45) is 1.69. The SMILES string of the molecule is COC(=O)c1ccc(C(=O)NC(=NCC2CCCO2)Nc2cc(F)cc(F)c2)cc1. The molecule has 1 saturated heterocycles. The Bertz CT molecular complexity index is 922. The Morgan fingerprint density at radius 2 is 1.80 bits per heavy atom. The molecule has 1 fully saturated rings. The summed E-state index contributed by atoms with van der Waals surface area (Å²) in [5.74, 6) is -2.53. The zero-order valence-electron chi connectivity index (χ0n) is 16.3. The highest BCUT2D eigenvalue weighted by atomic mass is 19.1. The summed E-state index contributed by atoms with van der Waals surface area (Å²) in [4.78, 5) is 28.4. The van der Waals surface area contributed by atoms with Gasteiger partial charge in [0.15, 0.2) is 0 Å². The Morgan fingerprint density at radius 3 is 2.40 bits per heavy atom. The number of anilines is 1. The number of ether oxygens (including phenoxy) is 2. The van der Waals surface area contributed by atoms with Crippen molar-refractivity contribution in [2.24, 2.45) is 4.99 Å². The molecule has 1 unspecified atom stereocenters. The van der Waals surface area contributed by atoms with Gasteiger partial charge in [-0.15, -0.1) is 0 Å². The molecular formula is C21H21F2N3O4. The number of guanidine groups is 1. The summed E-state index contributed by atoms with van der Waals surface area (Å²) in [6, 6.07) is 8.75. The fourth-order valence-corrected chi connectivity index (χ4v) is 2.91. The van der Waals surface area contributed by atoms with Crippen molar-refractivity contribution in [3.63, 3.8) is 0 Å². The highest BCUT2D eigenvalue weighted by Crippen LogP contribution is 2.14. The lowest BCUT2D eigenvalue weighted by atomic mass is 10.1. The number of carbonyl (C=O) groups is 2. The number of nitrogens with zero attached hydrogens (tertiary/aromatic N) is 1. The Kier molecular flexibility index (Phi) is 7.08. The van der Waals surface area contributed by atoms with Gasteiger partial charge in [0.05, 0.1) is 25.3 Å². The third-order valence-electron chi connectivity index (χ3n) is 4.40. The number of amides is 1. The number of aliphatic imine (C=N–C) groups is 1. The Labute approximate surface area is 172 Å². The quantitative estimate of drug-likeness (QED) is 0.443. The maximum atomic E-state index is 13.5. The van der Waals surface area contributed by atoms with Crippen LogP contribution in [0.1, 0.15) is 33.6 Å². The van der Waals surface area contributed by atoms with Crippen molar-refractivity contribution in [2.75, 3.05) is 25.6 Å². The molecule has 0 bridgehead atoms. The predicted molar refractivity (Wildman–Crippen MR) is 107 cm³/mol. The Balaban J connectivity index is 1.75. The van der Waals surface area contributed by atoms with Gasteiger partial charge in [0, 0.05) is 23.9 Å². The number of rotatable bonds is 5. The molecule has 1 aliphatic heterocycles. The van der Waals surface area contributed by atoms with Gasteiger partial charge in [-0.2, -0.15) is 0 Å². The van der Waals surface area contributed by atoms with Gasteiger partial charge in [0.25, 0.3) is 5.91 Å². The molecule has 2 aromatic carbocycles. The Hall–Kier alpha value is -3.33. The lowest BCUT2D eigenvalue weighted by Gasteiger charge is -2.14. The summed E-state index contributed by atoms with van der Waals surface area (Å²) in [7, 11) is 1.26. The van der Waals surface area contributed by atoms with Crippen LogP contribution in [0.2, 0.25) is 0 Å². The number of hydrogen-bond donors (Lipinski definition) is 2. The summed E-state index contributed by atoms with van der Waals surface area (Å²) in [5.41, 5.74) is 0.661. The van der Waals surface area contributed by atoms with Crippen molar-refractivity contribution in [3.8, 4) is 0 Å². The van der Waals surface area contributed by atoms with Crippen LogP contribution in [-0.4, -0.2) is 44.2 Å². The van der Waals surface area contributed by atoms with Crippen LogP contribution in [0.3, 0.4) is 0 Å². The molecule has 2 N–H and O–H groups in total. The van der Waals surface area contributed by atoms with Crippen LogP contribution >= 0.6 is 0 Å². The molecule has 0 spiro atoms. The molecule has 0 aliphatic carbocycles. The fourth-order valence-electron chi connectivity index (χ4n) is 2.91. The van der Waals surface area contributed by atoms with E-state index in [2.05, 4.69) is 20.4 Å². The molecule has 1 aliphatic rings. The second kappa shape index (κ2) is 9.93. The van der Waals surface area contributed by atoms with Gasteiger partial charge in [-0.05, 0) is 49.2 Å². The van der Waals surface area contributed by atoms with Crippen molar-refractivity contribution in [2.45, 2.75) is 18.9 Å². The number of esters is 1. The number of benzene rings is 2. The first-order chi connectivity index (χ1) is 14.4. The minimum absolute atomic E-state index is 0.0255. The van der Waals surface area contributed by atoms with Crippen LogP contribution in [0.15, 0.2) is 47.5 Å². The van der Waals surface area contributed by atoms with Gasteiger partial charge in [-0.3, -0.25) is 10.1 Å². The van der Waals surface area contributed by atoms with Gasteiger partial charge in [0.1, 0.15) is 11.6 Å². The third kappa shape index (κ3) is 5.84. The molecule has 1 amide bonds. The average Bonchev–Trinajstić information content (AvgIpc) is 3.24. The molecule has 30 heavy (non-hydrogen) atoms. The van der Waals surface area contributed by atoms with E-state index in [1.54, 1.807) is 0 Å². The van der Waals surface area contributed by atoms with Crippen molar-refractivity contribution in [3.05, 3.63) is 65.2 Å². The lowest BCUT2D eigenvalue weighted by molar-refractivity contribution is 0.0600. The van der Waals surface area contributed by atoms with Gasteiger partial charge < -0.3 is 14.8 Å². The number of nitrogens with one attached hydrogen (secondary N) is 2. The third-order valence-corrected chi connectivity index (χ3v) is 4.40. The van der Waals surface area contributed by atoms with Gasteiger partial charge in [0.2, 0.25) is 5.96 Å². The lowest BCUT2D eigenvalue weighted by Crippen LogP contribution is -2.36. The molecule has 0 aromatic heterocycles. The van der Waals surface area contributed by atoms with Crippen LogP contribution in [0.5, 0.6) is 0 Å². The van der Waals surface area contributed by atoms with Gasteiger partial charge >= 0.3 is 5.97 Å². The number of halogens is 2. The van der Waals surface area contributed by atoms with Crippen molar-refractivity contribution < 1.29 is 27.8 Å². The average molecular weight is 417 g/mol. The van der Waals surface area contributed by atoms with E-state index in [-0.39, 0.29) is 29.9 Å². The first-order valence-corrected chi connectivity index (χ1v) is 9.33. The highest BCUT2D eigenvalue weighted by Gasteiger charge is 2.17. The minimum Gasteiger partial charge on any atom is -0.465 e. The minimum atomic E-state index is -0.763. The zero-order valence-corrected chi connectivity index (χ0v) is 16.3. The standard InChI is InChI=1S/C21H21F2N3O4/c1-29-20(28)14-6-4-13(5-7-14)19(27)26-21(24-12-18-3-2-8-30-18)25-17-10-15(22)9-16(23)11-17/h4-7,9-11,18H,2-3,8,12H2,1H3,(H2,24,25,26,27). The van der Waals surface area contributed by atoms with Crippen LogP contribution < -0.4 is 10.6 Å².